The van der Waals surface area contributed by atoms with Crippen LogP contribution in [-0.4, -0.2) is 56.2 Å². The van der Waals surface area contributed by atoms with Gasteiger partial charge in [-0.25, -0.2) is 9.18 Å². The van der Waals surface area contributed by atoms with Crippen molar-refractivity contribution in [3.8, 4) is 0 Å². The molecule has 2 aromatic carbocycles. The number of aromatic nitrogens is 1. The molecule has 3 aromatic rings. The summed E-state index contributed by atoms with van der Waals surface area (Å²) >= 11 is 0. The van der Waals surface area contributed by atoms with Gasteiger partial charge in [0.2, 0.25) is 0 Å². The molecule has 1 amide bonds. The minimum Gasteiger partial charge on any atom is -0.461 e. The molecule has 0 unspecified atom stereocenters. The SMILES string of the molecule is CCOC(=O)c1[nH]c2ccc(F)cc2c1NC(=O)C[NH+]1CCN(c2cccc(C)c2C)CC1. The molecule has 1 fully saturated rings. The van der Waals surface area contributed by atoms with Gasteiger partial charge < -0.3 is 24.8 Å². The molecule has 0 aliphatic carbocycles. The van der Waals surface area contributed by atoms with E-state index in [9.17, 15) is 14.0 Å². The number of hydrogen-bond donors (Lipinski definition) is 3. The molecule has 0 saturated carbocycles. The molecule has 33 heavy (non-hydrogen) atoms. The lowest BCUT2D eigenvalue weighted by Crippen LogP contribution is -3.15. The van der Waals surface area contributed by atoms with E-state index in [0.29, 0.717) is 10.9 Å². The van der Waals surface area contributed by atoms with Crippen molar-refractivity contribution in [3.05, 3.63) is 59.0 Å². The zero-order chi connectivity index (χ0) is 23.5. The second kappa shape index (κ2) is 9.62. The normalized spacial score (nSPS) is 14.5. The van der Waals surface area contributed by atoms with Crippen molar-refractivity contribution >= 4 is 34.2 Å². The maximum atomic E-state index is 13.9. The number of ether oxygens (including phenoxy) is 1. The highest BCUT2D eigenvalue weighted by molar-refractivity contribution is 6.11. The van der Waals surface area contributed by atoms with Gasteiger partial charge in [0.05, 0.1) is 38.5 Å². The molecule has 7 nitrogen and oxygen atoms in total. The molecule has 1 saturated heterocycles. The average molecular weight is 454 g/mol. The van der Waals surface area contributed by atoms with Gasteiger partial charge in [0.15, 0.2) is 6.54 Å². The number of carbonyl (C=O) groups excluding carboxylic acids is 2. The highest BCUT2D eigenvalue weighted by Gasteiger charge is 2.26. The summed E-state index contributed by atoms with van der Waals surface area (Å²) < 4.78 is 19.0. The van der Waals surface area contributed by atoms with Crippen molar-refractivity contribution in [2.24, 2.45) is 0 Å². The second-order valence-corrected chi connectivity index (χ2v) is 8.47. The minimum absolute atomic E-state index is 0.126. The Morgan fingerprint density at radius 1 is 1.18 bits per heavy atom. The quantitative estimate of drug-likeness (QED) is 0.501. The van der Waals surface area contributed by atoms with Gasteiger partial charge in [0, 0.05) is 16.6 Å². The number of piperazine rings is 1. The van der Waals surface area contributed by atoms with Crippen LogP contribution < -0.4 is 15.1 Å². The predicted molar refractivity (Wildman–Crippen MR) is 127 cm³/mol. The fourth-order valence-corrected chi connectivity index (χ4v) is 4.38. The third-order valence-electron chi connectivity index (χ3n) is 6.30. The van der Waals surface area contributed by atoms with Gasteiger partial charge in [-0.1, -0.05) is 12.1 Å². The predicted octanol–water partition coefficient (Wildman–Crippen LogP) is 2.44. The van der Waals surface area contributed by atoms with Crippen LogP contribution in [0.25, 0.3) is 10.9 Å². The minimum atomic E-state index is -0.584. The summed E-state index contributed by atoms with van der Waals surface area (Å²) in [5.41, 5.74) is 4.76. The van der Waals surface area contributed by atoms with Gasteiger partial charge >= 0.3 is 5.97 Å². The zero-order valence-corrected chi connectivity index (χ0v) is 19.3. The molecule has 3 N–H and O–H groups in total. The number of nitrogens with zero attached hydrogens (tertiary/aromatic N) is 1. The molecular formula is C25H30FN4O3+. The van der Waals surface area contributed by atoms with Crippen molar-refractivity contribution in [2.45, 2.75) is 20.8 Å². The molecule has 4 rings (SSSR count). The Kier molecular flexibility index (Phi) is 6.65. The molecule has 1 aliphatic rings. The van der Waals surface area contributed by atoms with Gasteiger partial charge in [0.25, 0.3) is 5.91 Å². The third-order valence-corrected chi connectivity index (χ3v) is 6.30. The first-order valence-electron chi connectivity index (χ1n) is 11.3. The Balaban J connectivity index is 1.44. The molecule has 8 heteroatoms. The largest absolute Gasteiger partial charge is 0.461 e. The Labute approximate surface area is 192 Å². The topological polar surface area (TPSA) is 78.9 Å². The molecule has 1 aromatic heterocycles. The summed E-state index contributed by atoms with van der Waals surface area (Å²) in [4.78, 5) is 31.8. The lowest BCUT2D eigenvalue weighted by Gasteiger charge is -2.34. The first kappa shape index (κ1) is 22.8. The summed E-state index contributed by atoms with van der Waals surface area (Å²) in [7, 11) is 0. The zero-order valence-electron chi connectivity index (χ0n) is 19.3. The van der Waals surface area contributed by atoms with Crippen molar-refractivity contribution < 1.29 is 23.6 Å². The number of amides is 1. The van der Waals surface area contributed by atoms with Gasteiger partial charge in [0.1, 0.15) is 11.5 Å². The van der Waals surface area contributed by atoms with E-state index in [4.69, 9.17) is 4.74 Å². The molecule has 2 heterocycles. The number of aryl methyl sites for hydroxylation is 1. The number of quaternary nitrogens is 1. The molecule has 174 valence electrons. The lowest BCUT2D eigenvalue weighted by atomic mass is 10.1. The number of rotatable bonds is 6. The van der Waals surface area contributed by atoms with Crippen LogP contribution in [-0.2, 0) is 9.53 Å². The van der Waals surface area contributed by atoms with E-state index < -0.39 is 11.8 Å². The number of fused-ring (bicyclic) bond motifs is 1. The van der Waals surface area contributed by atoms with Crippen LogP contribution in [0.4, 0.5) is 15.8 Å². The third kappa shape index (κ3) is 4.85. The van der Waals surface area contributed by atoms with Crippen LogP contribution in [0.15, 0.2) is 36.4 Å². The highest BCUT2D eigenvalue weighted by atomic mass is 19.1. The summed E-state index contributed by atoms with van der Waals surface area (Å²) in [5.74, 6) is -1.25. The molecular weight excluding hydrogens is 423 g/mol. The van der Waals surface area contributed by atoms with E-state index in [1.165, 1.54) is 28.9 Å². The van der Waals surface area contributed by atoms with Crippen molar-refractivity contribution in [3.63, 3.8) is 0 Å². The van der Waals surface area contributed by atoms with Gasteiger partial charge in [-0.3, -0.25) is 4.79 Å². The molecule has 0 bridgehead atoms. The van der Waals surface area contributed by atoms with Crippen molar-refractivity contribution in [2.75, 3.05) is 49.5 Å². The lowest BCUT2D eigenvalue weighted by molar-refractivity contribution is -0.892. The van der Waals surface area contributed by atoms with Crippen molar-refractivity contribution in [1.82, 2.24) is 4.98 Å². The summed E-state index contributed by atoms with van der Waals surface area (Å²) in [6.07, 6.45) is 0. The Hall–Kier alpha value is -3.39. The number of nitrogens with one attached hydrogen (secondary N) is 3. The smallest absolute Gasteiger partial charge is 0.356 e. The van der Waals surface area contributed by atoms with Crippen LogP contribution in [0, 0.1) is 19.7 Å². The Morgan fingerprint density at radius 3 is 2.67 bits per heavy atom. The van der Waals surface area contributed by atoms with Crippen LogP contribution in [0.5, 0.6) is 0 Å². The summed E-state index contributed by atoms with van der Waals surface area (Å²) in [6, 6.07) is 10.5. The second-order valence-electron chi connectivity index (χ2n) is 8.47. The van der Waals surface area contributed by atoms with E-state index in [0.717, 1.165) is 31.1 Å². The number of aromatic amines is 1. The maximum absolute atomic E-state index is 13.9. The monoisotopic (exact) mass is 453 g/mol. The average Bonchev–Trinajstić information content (AvgIpc) is 3.14. The number of esters is 1. The van der Waals surface area contributed by atoms with E-state index >= 15 is 0 Å². The molecule has 0 atom stereocenters. The number of anilines is 2. The van der Waals surface area contributed by atoms with Crippen LogP contribution >= 0.6 is 0 Å². The molecule has 0 radical (unpaired) electrons. The first-order chi connectivity index (χ1) is 15.9. The molecule has 1 aliphatic heterocycles. The van der Waals surface area contributed by atoms with E-state index in [1.807, 2.05) is 0 Å². The van der Waals surface area contributed by atoms with Gasteiger partial charge in [-0.05, 0) is 56.2 Å². The molecule has 0 spiro atoms. The maximum Gasteiger partial charge on any atom is 0.356 e. The number of carbonyl (C=O) groups is 2. The standard InChI is InChI=1S/C25H29FN4O3/c1-4-33-25(32)24-23(19-14-18(26)8-9-20(19)27-24)28-22(31)15-29-10-12-30(13-11-29)21-7-5-6-16(2)17(21)3/h5-9,14,27H,4,10-13,15H2,1-3H3,(H,28,31)/p+1. The van der Waals surface area contributed by atoms with Crippen molar-refractivity contribution in [1.29, 1.82) is 0 Å². The summed E-state index contributed by atoms with van der Waals surface area (Å²) in [5, 5.41) is 3.28. The number of benzene rings is 2. The van der Waals surface area contributed by atoms with Gasteiger partial charge in [-0.2, -0.15) is 0 Å². The Bertz CT molecular complexity index is 1180. The number of H-pyrrole nitrogens is 1. The van der Waals surface area contributed by atoms with Crippen LogP contribution in [0.1, 0.15) is 28.5 Å². The Morgan fingerprint density at radius 2 is 1.94 bits per heavy atom. The van der Waals surface area contributed by atoms with Gasteiger partial charge in [-0.15, -0.1) is 0 Å². The summed E-state index contributed by atoms with van der Waals surface area (Å²) in [6.45, 7) is 9.81. The number of hydrogen-bond acceptors (Lipinski definition) is 4. The van der Waals surface area contributed by atoms with Crippen LogP contribution in [0.2, 0.25) is 0 Å². The van der Waals surface area contributed by atoms with E-state index in [1.54, 1.807) is 13.0 Å². The highest BCUT2D eigenvalue weighted by Crippen LogP contribution is 2.29. The van der Waals surface area contributed by atoms with E-state index in [2.05, 4.69) is 47.2 Å². The first-order valence-corrected chi connectivity index (χ1v) is 11.3. The number of halogens is 1. The van der Waals surface area contributed by atoms with Crippen LogP contribution in [0.3, 0.4) is 0 Å². The van der Waals surface area contributed by atoms with E-state index in [-0.39, 0.29) is 30.4 Å². The fraction of sp³-hybridized carbons (Fsp3) is 0.360. The fourth-order valence-electron chi connectivity index (χ4n) is 4.38.